The average Bonchev–Trinajstić information content (AvgIpc) is 2.97. The van der Waals surface area contributed by atoms with Crippen molar-refractivity contribution in [1.29, 1.82) is 0 Å². The summed E-state index contributed by atoms with van der Waals surface area (Å²) in [5, 5.41) is 0. The Balaban J connectivity index is 1.87. The largest absolute Gasteiger partial charge is 0.419 e. The van der Waals surface area contributed by atoms with Gasteiger partial charge >= 0.3 is 23.9 Å². The molecule has 3 aromatic carbocycles. The summed E-state index contributed by atoms with van der Waals surface area (Å²) in [4.78, 5) is 48.5. The zero-order valence-electron chi connectivity index (χ0n) is 25.0. The van der Waals surface area contributed by atoms with Crippen molar-refractivity contribution in [3.05, 3.63) is 120 Å². The lowest BCUT2D eigenvalue weighted by molar-refractivity contribution is -0.132. The zero-order chi connectivity index (χ0) is 32.6. The fourth-order valence-corrected chi connectivity index (χ4v) is 3.37. The van der Waals surface area contributed by atoms with Gasteiger partial charge in [-0.15, -0.1) is 0 Å². The van der Waals surface area contributed by atoms with E-state index in [1.807, 2.05) is 30.3 Å². The van der Waals surface area contributed by atoms with E-state index in [1.165, 1.54) is 33.8 Å². The highest BCUT2D eigenvalue weighted by atomic mass is 16.6. The molecule has 3 aromatic rings. The summed E-state index contributed by atoms with van der Waals surface area (Å²) in [6.07, 6.45) is 3.65. The Morgan fingerprint density at radius 3 is 1.25 bits per heavy atom. The molecule has 8 heteroatoms. The molecule has 0 radical (unpaired) electrons. The molecule has 0 heterocycles. The van der Waals surface area contributed by atoms with Crippen LogP contribution in [-0.2, 0) is 19.2 Å². The molecule has 0 aliphatic carbocycles. The Kier molecular flexibility index (Phi) is 10.7. The molecule has 8 nitrogen and oxygen atoms in total. The first-order valence-electron chi connectivity index (χ1n) is 13.3. The van der Waals surface area contributed by atoms with Gasteiger partial charge < -0.3 is 18.9 Å². The summed E-state index contributed by atoms with van der Waals surface area (Å²) < 4.78 is 21.5. The van der Waals surface area contributed by atoms with E-state index < -0.39 is 23.9 Å². The van der Waals surface area contributed by atoms with Crippen molar-refractivity contribution in [2.75, 3.05) is 0 Å². The Bertz CT molecular complexity index is 1720. The molecule has 0 aliphatic rings. The normalized spacial score (nSPS) is 10.5. The number of rotatable bonds is 11. The lowest BCUT2D eigenvalue weighted by Crippen LogP contribution is -2.12. The molecule has 0 N–H and O–H groups in total. The van der Waals surface area contributed by atoms with E-state index in [0.29, 0.717) is 11.1 Å². The number of hydrogen-bond acceptors (Lipinski definition) is 8. The maximum absolute atomic E-state index is 12.2. The van der Waals surface area contributed by atoms with Crippen LogP contribution in [0.15, 0.2) is 109 Å². The monoisotopic (exact) mass is 592 g/mol. The Labute approximate surface area is 256 Å². The van der Waals surface area contributed by atoms with E-state index in [-0.39, 0.29) is 45.3 Å². The summed E-state index contributed by atoms with van der Waals surface area (Å²) in [6.45, 7) is 20.4. The first kappa shape index (κ1) is 32.8. The standard InChI is InChI=1S/C36H32O8/c1-21(2)33(37)41-29-17-13-26(19-31(29)43-35(39)23(5)6)10-9-25-11-14-27(15-12-25)28-16-18-30(42-34(38)22(3)4)32(20-28)44-36(40)24(7)8/h9-20H,1,3,5,7H2,2,4,6,8H3. The van der Waals surface area contributed by atoms with Gasteiger partial charge in [0.15, 0.2) is 23.0 Å². The average molecular weight is 593 g/mol. The van der Waals surface area contributed by atoms with E-state index in [1.54, 1.807) is 36.4 Å². The Hall–Kier alpha value is -5.76. The van der Waals surface area contributed by atoms with E-state index in [0.717, 1.165) is 11.1 Å². The summed E-state index contributed by atoms with van der Waals surface area (Å²) in [6, 6.07) is 17.2. The number of esters is 4. The second-order valence-electron chi connectivity index (χ2n) is 10.0. The third kappa shape index (κ3) is 8.87. The maximum Gasteiger partial charge on any atom is 0.338 e. The van der Waals surface area contributed by atoms with Gasteiger partial charge in [-0.2, -0.15) is 0 Å². The lowest BCUT2D eigenvalue weighted by atomic mass is 10.0. The van der Waals surface area contributed by atoms with Gasteiger partial charge in [0.2, 0.25) is 0 Å². The minimum absolute atomic E-state index is 0.0608. The third-order valence-corrected chi connectivity index (χ3v) is 5.83. The first-order chi connectivity index (χ1) is 20.7. The van der Waals surface area contributed by atoms with Crippen LogP contribution in [0.4, 0.5) is 0 Å². The zero-order valence-corrected chi connectivity index (χ0v) is 25.0. The van der Waals surface area contributed by atoms with E-state index in [4.69, 9.17) is 18.9 Å². The molecule has 0 aliphatic heterocycles. The molecule has 0 saturated heterocycles. The summed E-state index contributed by atoms with van der Waals surface area (Å²) in [5.74, 6) is -2.34. The number of carbonyl (C=O) groups is 4. The highest BCUT2D eigenvalue weighted by Gasteiger charge is 2.17. The maximum atomic E-state index is 12.2. The minimum atomic E-state index is -0.658. The van der Waals surface area contributed by atoms with Crippen LogP contribution in [0.25, 0.3) is 23.3 Å². The van der Waals surface area contributed by atoms with E-state index in [9.17, 15) is 19.2 Å². The van der Waals surface area contributed by atoms with Crippen LogP contribution in [-0.4, -0.2) is 23.9 Å². The van der Waals surface area contributed by atoms with Gasteiger partial charge in [-0.1, -0.05) is 74.9 Å². The molecule has 0 amide bonds. The predicted molar refractivity (Wildman–Crippen MR) is 169 cm³/mol. The minimum Gasteiger partial charge on any atom is -0.419 e. The van der Waals surface area contributed by atoms with Crippen molar-refractivity contribution in [2.45, 2.75) is 27.7 Å². The molecule has 3 rings (SSSR count). The molecule has 0 unspecified atom stereocenters. The van der Waals surface area contributed by atoms with Crippen LogP contribution < -0.4 is 18.9 Å². The number of hydrogen-bond donors (Lipinski definition) is 0. The van der Waals surface area contributed by atoms with Crippen LogP contribution in [0.1, 0.15) is 38.8 Å². The van der Waals surface area contributed by atoms with Crippen molar-refractivity contribution in [1.82, 2.24) is 0 Å². The van der Waals surface area contributed by atoms with Gasteiger partial charge in [-0.3, -0.25) is 0 Å². The van der Waals surface area contributed by atoms with Crippen molar-refractivity contribution in [2.24, 2.45) is 0 Å². The molecule has 0 bridgehead atoms. The van der Waals surface area contributed by atoms with Gasteiger partial charge in [0, 0.05) is 22.3 Å². The van der Waals surface area contributed by atoms with E-state index >= 15 is 0 Å². The second kappa shape index (κ2) is 14.4. The van der Waals surface area contributed by atoms with Gasteiger partial charge in [0.05, 0.1) is 0 Å². The van der Waals surface area contributed by atoms with Crippen molar-refractivity contribution in [3.8, 4) is 34.1 Å². The highest BCUT2D eigenvalue weighted by Crippen LogP contribution is 2.34. The summed E-state index contributed by atoms with van der Waals surface area (Å²) in [5.41, 5.74) is 3.82. The first-order valence-corrected chi connectivity index (χ1v) is 13.3. The van der Waals surface area contributed by atoms with Crippen LogP contribution in [0.5, 0.6) is 23.0 Å². The van der Waals surface area contributed by atoms with Crippen molar-refractivity contribution < 1.29 is 38.1 Å². The summed E-state index contributed by atoms with van der Waals surface area (Å²) in [7, 11) is 0. The van der Waals surface area contributed by atoms with Crippen molar-refractivity contribution >= 4 is 36.0 Å². The molecule has 0 aromatic heterocycles. The molecule has 0 saturated carbocycles. The number of carbonyl (C=O) groups excluding carboxylic acids is 4. The molecule has 0 atom stereocenters. The fraction of sp³-hybridized carbons (Fsp3) is 0.111. The SMILES string of the molecule is C=C(C)C(=O)Oc1ccc(C=Cc2ccc(-c3ccc(OC(=O)C(=C)C)c(OC(=O)C(=C)C)c3)cc2)cc1OC(=O)C(=C)C. The van der Waals surface area contributed by atoms with Crippen LogP contribution in [0, 0.1) is 0 Å². The van der Waals surface area contributed by atoms with Gasteiger partial charge in [0.25, 0.3) is 0 Å². The Morgan fingerprint density at radius 2 is 0.795 bits per heavy atom. The van der Waals surface area contributed by atoms with Crippen molar-refractivity contribution in [3.63, 3.8) is 0 Å². The molecular formula is C36H32O8. The lowest BCUT2D eigenvalue weighted by Gasteiger charge is -2.13. The predicted octanol–water partition coefficient (Wildman–Crippen LogP) is 7.45. The van der Waals surface area contributed by atoms with Gasteiger partial charge in [0.1, 0.15) is 0 Å². The molecule has 44 heavy (non-hydrogen) atoms. The number of ether oxygens (including phenoxy) is 4. The molecule has 0 spiro atoms. The van der Waals surface area contributed by atoms with E-state index in [2.05, 4.69) is 26.3 Å². The second-order valence-corrected chi connectivity index (χ2v) is 10.0. The van der Waals surface area contributed by atoms with Gasteiger partial charge in [-0.25, -0.2) is 19.2 Å². The summed E-state index contributed by atoms with van der Waals surface area (Å²) >= 11 is 0. The third-order valence-electron chi connectivity index (χ3n) is 5.83. The van der Waals surface area contributed by atoms with Crippen LogP contribution in [0.3, 0.4) is 0 Å². The molecule has 0 fully saturated rings. The molecule has 224 valence electrons. The van der Waals surface area contributed by atoms with Crippen LogP contribution >= 0.6 is 0 Å². The highest BCUT2D eigenvalue weighted by molar-refractivity contribution is 5.92. The fourth-order valence-electron chi connectivity index (χ4n) is 3.37. The Morgan fingerprint density at radius 1 is 0.455 bits per heavy atom. The quantitative estimate of drug-likeness (QED) is 0.0979. The van der Waals surface area contributed by atoms with Gasteiger partial charge in [-0.05, 0) is 74.2 Å². The topological polar surface area (TPSA) is 105 Å². The smallest absolute Gasteiger partial charge is 0.338 e. The van der Waals surface area contributed by atoms with Crippen LogP contribution in [0.2, 0.25) is 0 Å². The number of benzene rings is 3. The molecular weight excluding hydrogens is 560 g/mol.